The number of guanidine groups is 1. The van der Waals surface area contributed by atoms with Crippen LogP contribution in [0, 0.1) is 5.92 Å². The van der Waals surface area contributed by atoms with Crippen molar-refractivity contribution in [1.82, 2.24) is 16.0 Å². The van der Waals surface area contributed by atoms with Crippen molar-refractivity contribution in [3.63, 3.8) is 0 Å². The van der Waals surface area contributed by atoms with Gasteiger partial charge in [-0.25, -0.2) is 0 Å². The van der Waals surface area contributed by atoms with Crippen molar-refractivity contribution in [2.24, 2.45) is 10.9 Å². The SMILES string of the molecule is CCNC(=NCC1(c2ccccc2OC)CCCC1)NCCNC(=O)C1CC1. The van der Waals surface area contributed by atoms with E-state index < -0.39 is 0 Å². The molecule has 0 aliphatic heterocycles. The molecule has 0 radical (unpaired) electrons. The second kappa shape index (κ2) is 9.80. The highest BCUT2D eigenvalue weighted by molar-refractivity contribution is 5.81. The van der Waals surface area contributed by atoms with Crippen LogP contribution >= 0.6 is 0 Å². The number of carbonyl (C=O) groups excluding carboxylic acids is 1. The monoisotopic (exact) mass is 386 g/mol. The van der Waals surface area contributed by atoms with Crippen molar-refractivity contribution in [2.45, 2.75) is 50.9 Å². The van der Waals surface area contributed by atoms with E-state index in [2.05, 4.69) is 35.0 Å². The number of benzene rings is 1. The highest BCUT2D eigenvalue weighted by Crippen LogP contribution is 2.44. The second-order valence-electron chi connectivity index (χ2n) is 7.87. The van der Waals surface area contributed by atoms with Gasteiger partial charge in [-0.1, -0.05) is 31.0 Å². The summed E-state index contributed by atoms with van der Waals surface area (Å²) in [5.41, 5.74) is 1.31. The Balaban J connectivity index is 1.62. The van der Waals surface area contributed by atoms with Gasteiger partial charge in [0.15, 0.2) is 5.96 Å². The molecule has 2 fully saturated rings. The van der Waals surface area contributed by atoms with Crippen LogP contribution in [0.5, 0.6) is 5.75 Å². The molecular formula is C22H34N4O2. The van der Waals surface area contributed by atoms with Gasteiger partial charge in [0.2, 0.25) is 5.91 Å². The molecular weight excluding hydrogens is 352 g/mol. The third kappa shape index (κ3) is 5.18. The maximum absolute atomic E-state index is 11.7. The summed E-state index contributed by atoms with van der Waals surface area (Å²) in [5.74, 6) is 2.21. The first kappa shape index (κ1) is 20.5. The fraction of sp³-hybridized carbons (Fsp3) is 0.636. The van der Waals surface area contributed by atoms with Gasteiger partial charge in [-0.3, -0.25) is 9.79 Å². The fourth-order valence-corrected chi connectivity index (χ4v) is 4.08. The molecule has 3 rings (SSSR count). The number of rotatable bonds is 9. The van der Waals surface area contributed by atoms with Crippen molar-refractivity contribution in [1.29, 1.82) is 0 Å². The number of hydrogen-bond acceptors (Lipinski definition) is 3. The van der Waals surface area contributed by atoms with Gasteiger partial charge in [-0.05, 0) is 38.7 Å². The van der Waals surface area contributed by atoms with Gasteiger partial charge in [0.05, 0.1) is 13.7 Å². The molecule has 0 saturated heterocycles. The molecule has 1 amide bonds. The lowest BCUT2D eigenvalue weighted by atomic mass is 9.78. The number of aliphatic imine (C=N–C) groups is 1. The topological polar surface area (TPSA) is 74.8 Å². The largest absolute Gasteiger partial charge is 0.496 e. The zero-order valence-electron chi connectivity index (χ0n) is 17.2. The summed E-state index contributed by atoms with van der Waals surface area (Å²) in [6.45, 7) is 4.90. The lowest BCUT2D eigenvalue weighted by Crippen LogP contribution is -2.42. The summed E-state index contributed by atoms with van der Waals surface area (Å²) in [5, 5.41) is 9.66. The van der Waals surface area contributed by atoms with Crippen molar-refractivity contribution in [3.8, 4) is 5.75 Å². The molecule has 1 aromatic rings. The van der Waals surface area contributed by atoms with Crippen LogP contribution in [-0.2, 0) is 10.2 Å². The van der Waals surface area contributed by atoms with E-state index in [1.54, 1.807) is 7.11 Å². The third-order valence-corrected chi connectivity index (χ3v) is 5.79. The van der Waals surface area contributed by atoms with E-state index in [1.807, 2.05) is 12.1 Å². The van der Waals surface area contributed by atoms with E-state index in [4.69, 9.17) is 9.73 Å². The van der Waals surface area contributed by atoms with E-state index in [0.29, 0.717) is 13.1 Å². The maximum Gasteiger partial charge on any atom is 0.223 e. The van der Waals surface area contributed by atoms with Gasteiger partial charge in [0, 0.05) is 36.5 Å². The van der Waals surface area contributed by atoms with Crippen LogP contribution in [0.25, 0.3) is 0 Å². The molecule has 2 saturated carbocycles. The standard InChI is InChI=1S/C22H34N4O2/c1-3-23-21(25-15-14-24-20(27)17-10-11-17)26-16-22(12-6-7-13-22)18-8-4-5-9-19(18)28-2/h4-5,8-9,17H,3,6-7,10-16H2,1-2H3,(H,24,27)(H2,23,25,26). The van der Waals surface area contributed by atoms with Crippen LogP contribution in [0.4, 0.5) is 0 Å². The number of nitrogens with one attached hydrogen (secondary N) is 3. The summed E-state index contributed by atoms with van der Waals surface area (Å²) < 4.78 is 5.64. The molecule has 2 aliphatic carbocycles. The molecule has 28 heavy (non-hydrogen) atoms. The Morgan fingerprint density at radius 2 is 1.86 bits per heavy atom. The second-order valence-corrected chi connectivity index (χ2v) is 7.87. The summed E-state index contributed by atoms with van der Waals surface area (Å²) in [4.78, 5) is 16.6. The molecule has 0 aromatic heterocycles. The van der Waals surface area contributed by atoms with Gasteiger partial charge in [0.1, 0.15) is 5.75 Å². The highest BCUT2D eigenvalue weighted by Gasteiger charge is 2.37. The smallest absolute Gasteiger partial charge is 0.223 e. The van der Waals surface area contributed by atoms with E-state index in [-0.39, 0.29) is 17.2 Å². The molecule has 0 heterocycles. The van der Waals surface area contributed by atoms with Crippen molar-refractivity contribution in [3.05, 3.63) is 29.8 Å². The average molecular weight is 387 g/mol. The maximum atomic E-state index is 11.7. The summed E-state index contributed by atoms with van der Waals surface area (Å²) in [6, 6.07) is 8.35. The Morgan fingerprint density at radius 1 is 1.14 bits per heavy atom. The van der Waals surface area contributed by atoms with Crippen LogP contribution in [0.2, 0.25) is 0 Å². The Morgan fingerprint density at radius 3 is 2.54 bits per heavy atom. The molecule has 6 nitrogen and oxygen atoms in total. The number of ether oxygens (including phenoxy) is 1. The molecule has 0 atom stereocenters. The number of hydrogen-bond donors (Lipinski definition) is 3. The molecule has 0 spiro atoms. The van der Waals surface area contributed by atoms with Crippen LogP contribution in [0.3, 0.4) is 0 Å². The summed E-state index contributed by atoms with van der Waals surface area (Å²) in [6.07, 6.45) is 6.79. The number of amides is 1. The molecule has 3 N–H and O–H groups in total. The van der Waals surface area contributed by atoms with E-state index in [1.165, 1.54) is 18.4 Å². The minimum atomic E-state index is 0.0368. The van der Waals surface area contributed by atoms with E-state index in [9.17, 15) is 4.79 Å². The third-order valence-electron chi connectivity index (χ3n) is 5.79. The van der Waals surface area contributed by atoms with E-state index in [0.717, 1.165) is 50.5 Å². The Hall–Kier alpha value is -2.24. The first-order chi connectivity index (χ1) is 13.7. The van der Waals surface area contributed by atoms with Crippen LogP contribution in [0.1, 0.15) is 51.0 Å². The molecule has 0 unspecified atom stereocenters. The van der Waals surface area contributed by atoms with Gasteiger partial charge in [-0.15, -0.1) is 0 Å². The Kier molecular flexibility index (Phi) is 7.18. The molecule has 2 aliphatic rings. The number of nitrogens with zero attached hydrogens (tertiary/aromatic N) is 1. The van der Waals surface area contributed by atoms with Gasteiger partial charge in [0.25, 0.3) is 0 Å². The predicted octanol–water partition coefficient (Wildman–Crippen LogP) is 2.59. The zero-order chi connectivity index (χ0) is 19.8. The lowest BCUT2D eigenvalue weighted by molar-refractivity contribution is -0.122. The number of para-hydroxylation sites is 1. The summed E-state index contributed by atoms with van der Waals surface area (Å²) in [7, 11) is 1.74. The fourth-order valence-electron chi connectivity index (χ4n) is 4.08. The Bertz CT molecular complexity index is 679. The molecule has 0 bridgehead atoms. The summed E-state index contributed by atoms with van der Waals surface area (Å²) >= 11 is 0. The quantitative estimate of drug-likeness (QED) is 0.346. The first-order valence-corrected chi connectivity index (χ1v) is 10.6. The average Bonchev–Trinajstić information content (AvgIpc) is 3.47. The predicted molar refractivity (Wildman–Crippen MR) is 113 cm³/mol. The lowest BCUT2D eigenvalue weighted by Gasteiger charge is -2.30. The van der Waals surface area contributed by atoms with Crippen molar-refractivity contribution in [2.75, 3.05) is 33.3 Å². The van der Waals surface area contributed by atoms with Crippen molar-refractivity contribution >= 4 is 11.9 Å². The van der Waals surface area contributed by atoms with Gasteiger partial charge >= 0.3 is 0 Å². The molecule has 154 valence electrons. The van der Waals surface area contributed by atoms with Gasteiger partial charge < -0.3 is 20.7 Å². The first-order valence-electron chi connectivity index (χ1n) is 10.6. The highest BCUT2D eigenvalue weighted by atomic mass is 16.5. The Labute approximate surface area is 168 Å². The molecule has 6 heteroatoms. The minimum absolute atomic E-state index is 0.0368. The van der Waals surface area contributed by atoms with Crippen LogP contribution in [-0.4, -0.2) is 45.2 Å². The molecule has 1 aromatic carbocycles. The van der Waals surface area contributed by atoms with E-state index >= 15 is 0 Å². The van der Waals surface area contributed by atoms with Crippen molar-refractivity contribution < 1.29 is 9.53 Å². The van der Waals surface area contributed by atoms with Crippen LogP contribution < -0.4 is 20.7 Å². The normalized spacial score (nSPS) is 18.6. The minimum Gasteiger partial charge on any atom is -0.496 e. The number of methoxy groups -OCH3 is 1. The van der Waals surface area contributed by atoms with Gasteiger partial charge in [-0.2, -0.15) is 0 Å². The number of carbonyl (C=O) groups is 1. The zero-order valence-corrected chi connectivity index (χ0v) is 17.2. The van der Waals surface area contributed by atoms with Crippen LogP contribution in [0.15, 0.2) is 29.3 Å².